The van der Waals surface area contributed by atoms with Crippen molar-refractivity contribution in [2.45, 2.75) is 37.8 Å². The van der Waals surface area contributed by atoms with Gasteiger partial charge in [0, 0.05) is 32.8 Å². The largest absolute Gasteiger partial charge is 0.337 e. The molecule has 112 valence electrons. The van der Waals surface area contributed by atoms with Gasteiger partial charge in [-0.3, -0.25) is 14.3 Å². The first kappa shape index (κ1) is 12.9. The SMILES string of the molecule is Cn1nccc1C(=O)N1CC[C@H]2[C@H]1CC(=O)N2CC1CC1. The Kier molecular flexibility index (Phi) is 2.80. The van der Waals surface area contributed by atoms with Gasteiger partial charge >= 0.3 is 0 Å². The monoisotopic (exact) mass is 288 g/mol. The Bertz CT molecular complexity index is 592. The molecule has 2 amide bonds. The Labute approximate surface area is 123 Å². The lowest BCUT2D eigenvalue weighted by Gasteiger charge is -2.25. The minimum Gasteiger partial charge on any atom is -0.337 e. The molecular formula is C15H20N4O2. The average molecular weight is 288 g/mol. The van der Waals surface area contributed by atoms with Gasteiger partial charge in [0.05, 0.1) is 12.1 Å². The summed E-state index contributed by atoms with van der Waals surface area (Å²) in [5.74, 6) is 0.928. The molecule has 0 unspecified atom stereocenters. The van der Waals surface area contributed by atoms with Crippen LogP contribution in [0.4, 0.5) is 0 Å². The molecule has 2 saturated heterocycles. The Morgan fingerprint density at radius 1 is 1.33 bits per heavy atom. The highest BCUT2D eigenvalue weighted by Crippen LogP contribution is 2.37. The number of rotatable bonds is 3. The Morgan fingerprint density at radius 2 is 2.14 bits per heavy atom. The van der Waals surface area contributed by atoms with Gasteiger partial charge in [0.1, 0.15) is 5.69 Å². The average Bonchev–Trinajstić information content (AvgIpc) is 2.90. The molecule has 0 radical (unpaired) electrons. The smallest absolute Gasteiger partial charge is 0.272 e. The topological polar surface area (TPSA) is 58.4 Å². The van der Waals surface area contributed by atoms with Crippen LogP contribution in [0.5, 0.6) is 0 Å². The van der Waals surface area contributed by atoms with Crippen molar-refractivity contribution >= 4 is 11.8 Å². The van der Waals surface area contributed by atoms with Gasteiger partial charge in [-0.15, -0.1) is 0 Å². The molecular weight excluding hydrogens is 268 g/mol. The molecule has 2 atom stereocenters. The summed E-state index contributed by atoms with van der Waals surface area (Å²) in [6, 6.07) is 2.03. The summed E-state index contributed by atoms with van der Waals surface area (Å²) in [5.41, 5.74) is 0.601. The molecule has 3 fully saturated rings. The van der Waals surface area contributed by atoms with Gasteiger partial charge in [0.15, 0.2) is 0 Å². The molecule has 1 saturated carbocycles. The number of hydrogen-bond donors (Lipinski definition) is 0. The van der Waals surface area contributed by atoms with Crippen molar-refractivity contribution in [3.8, 4) is 0 Å². The number of carbonyl (C=O) groups is 2. The molecule has 0 spiro atoms. The van der Waals surface area contributed by atoms with Crippen LogP contribution in [0.1, 0.15) is 36.2 Å². The third-order valence-corrected chi connectivity index (χ3v) is 5.07. The number of nitrogens with zero attached hydrogens (tertiary/aromatic N) is 4. The summed E-state index contributed by atoms with van der Waals surface area (Å²) in [7, 11) is 1.78. The molecule has 0 aromatic carbocycles. The maximum atomic E-state index is 12.7. The zero-order valence-electron chi connectivity index (χ0n) is 12.2. The number of fused-ring (bicyclic) bond motifs is 1. The van der Waals surface area contributed by atoms with Crippen LogP contribution in [0.15, 0.2) is 12.3 Å². The third kappa shape index (κ3) is 2.04. The summed E-state index contributed by atoms with van der Waals surface area (Å²) in [6.45, 7) is 1.64. The van der Waals surface area contributed by atoms with Crippen LogP contribution in [0.2, 0.25) is 0 Å². The predicted molar refractivity (Wildman–Crippen MR) is 75.5 cm³/mol. The van der Waals surface area contributed by atoms with Crippen molar-refractivity contribution in [1.29, 1.82) is 0 Å². The molecule has 2 aliphatic heterocycles. The fourth-order valence-electron chi connectivity index (χ4n) is 3.73. The fourth-order valence-corrected chi connectivity index (χ4v) is 3.73. The molecule has 0 bridgehead atoms. The van der Waals surface area contributed by atoms with E-state index in [-0.39, 0.29) is 23.9 Å². The van der Waals surface area contributed by atoms with Gasteiger partial charge in [-0.1, -0.05) is 0 Å². The van der Waals surface area contributed by atoms with E-state index in [9.17, 15) is 9.59 Å². The molecule has 6 heteroatoms. The Hall–Kier alpha value is -1.85. The summed E-state index contributed by atoms with van der Waals surface area (Å²) in [5, 5.41) is 4.06. The van der Waals surface area contributed by atoms with Crippen LogP contribution in [-0.4, -0.2) is 56.6 Å². The number of carbonyl (C=O) groups excluding carboxylic acids is 2. The van der Waals surface area contributed by atoms with Crippen molar-refractivity contribution in [2.75, 3.05) is 13.1 Å². The first-order valence-corrected chi connectivity index (χ1v) is 7.73. The van der Waals surface area contributed by atoms with E-state index in [0.29, 0.717) is 18.0 Å². The first-order valence-electron chi connectivity index (χ1n) is 7.73. The van der Waals surface area contributed by atoms with Gasteiger partial charge < -0.3 is 9.80 Å². The molecule has 21 heavy (non-hydrogen) atoms. The minimum absolute atomic E-state index is 0.00331. The number of hydrogen-bond acceptors (Lipinski definition) is 3. The molecule has 4 rings (SSSR count). The van der Waals surface area contributed by atoms with E-state index in [2.05, 4.69) is 5.10 Å². The Balaban J connectivity index is 1.53. The zero-order valence-corrected chi connectivity index (χ0v) is 12.2. The summed E-state index contributed by atoms with van der Waals surface area (Å²) < 4.78 is 1.61. The molecule has 1 aliphatic carbocycles. The maximum Gasteiger partial charge on any atom is 0.272 e. The van der Waals surface area contributed by atoms with Crippen molar-refractivity contribution in [3.05, 3.63) is 18.0 Å². The lowest BCUT2D eigenvalue weighted by atomic mass is 10.1. The molecule has 0 N–H and O–H groups in total. The van der Waals surface area contributed by atoms with E-state index in [0.717, 1.165) is 19.5 Å². The Morgan fingerprint density at radius 3 is 2.81 bits per heavy atom. The lowest BCUT2D eigenvalue weighted by molar-refractivity contribution is -0.129. The maximum absolute atomic E-state index is 12.7. The second kappa shape index (κ2) is 4.58. The van der Waals surface area contributed by atoms with Crippen LogP contribution in [0.3, 0.4) is 0 Å². The van der Waals surface area contributed by atoms with Crippen molar-refractivity contribution in [1.82, 2.24) is 19.6 Å². The number of likely N-dealkylation sites (tertiary alicyclic amines) is 2. The quantitative estimate of drug-likeness (QED) is 0.820. The van der Waals surface area contributed by atoms with E-state index < -0.39 is 0 Å². The summed E-state index contributed by atoms with van der Waals surface area (Å²) >= 11 is 0. The van der Waals surface area contributed by atoms with E-state index in [1.54, 1.807) is 24.0 Å². The van der Waals surface area contributed by atoms with Gasteiger partial charge in [0.25, 0.3) is 5.91 Å². The van der Waals surface area contributed by atoms with Gasteiger partial charge in [-0.05, 0) is 31.2 Å². The van der Waals surface area contributed by atoms with Crippen molar-refractivity contribution < 1.29 is 9.59 Å². The fraction of sp³-hybridized carbons (Fsp3) is 0.667. The predicted octanol–water partition coefficient (Wildman–Crippen LogP) is 0.645. The first-order chi connectivity index (χ1) is 10.1. The normalized spacial score (nSPS) is 28.3. The molecule has 1 aromatic rings. The second-order valence-corrected chi connectivity index (χ2v) is 6.46. The molecule has 3 heterocycles. The standard InChI is InChI=1S/C15H20N4O2/c1-17-12(4-6-16-17)15(21)18-7-5-11-13(18)8-14(20)19(11)9-10-2-3-10/h4,6,10-11,13H,2-3,5,7-9H2,1H3/t11-,13+/m0/s1. The highest BCUT2D eigenvalue weighted by molar-refractivity contribution is 5.94. The van der Waals surface area contributed by atoms with E-state index in [1.807, 2.05) is 9.80 Å². The van der Waals surface area contributed by atoms with Crippen LogP contribution in [0.25, 0.3) is 0 Å². The van der Waals surface area contributed by atoms with Crippen molar-refractivity contribution in [3.63, 3.8) is 0 Å². The van der Waals surface area contributed by atoms with E-state index in [4.69, 9.17) is 0 Å². The minimum atomic E-state index is 0.00331. The highest BCUT2D eigenvalue weighted by Gasteiger charge is 2.49. The number of aromatic nitrogens is 2. The zero-order chi connectivity index (χ0) is 14.6. The van der Waals surface area contributed by atoms with Crippen LogP contribution >= 0.6 is 0 Å². The van der Waals surface area contributed by atoms with Crippen LogP contribution < -0.4 is 0 Å². The second-order valence-electron chi connectivity index (χ2n) is 6.46. The number of aryl methyl sites for hydroxylation is 1. The van der Waals surface area contributed by atoms with E-state index in [1.165, 1.54) is 12.8 Å². The molecule has 3 aliphatic rings. The van der Waals surface area contributed by atoms with Crippen LogP contribution in [-0.2, 0) is 11.8 Å². The van der Waals surface area contributed by atoms with Crippen molar-refractivity contribution in [2.24, 2.45) is 13.0 Å². The van der Waals surface area contributed by atoms with Gasteiger partial charge in [0.2, 0.25) is 5.91 Å². The van der Waals surface area contributed by atoms with E-state index >= 15 is 0 Å². The summed E-state index contributed by atoms with van der Waals surface area (Å²) in [6.07, 6.45) is 5.53. The molecule has 6 nitrogen and oxygen atoms in total. The highest BCUT2D eigenvalue weighted by atomic mass is 16.2. The van der Waals surface area contributed by atoms with Crippen LogP contribution in [0, 0.1) is 5.92 Å². The third-order valence-electron chi connectivity index (χ3n) is 5.07. The van der Waals surface area contributed by atoms with Gasteiger partial charge in [-0.25, -0.2) is 0 Å². The number of amides is 2. The summed E-state index contributed by atoms with van der Waals surface area (Å²) in [4.78, 5) is 28.8. The lowest BCUT2D eigenvalue weighted by Crippen LogP contribution is -2.41. The van der Waals surface area contributed by atoms with Gasteiger partial charge in [-0.2, -0.15) is 5.10 Å². The molecule has 1 aromatic heterocycles.